The van der Waals surface area contributed by atoms with Gasteiger partial charge < -0.3 is 19.1 Å². The van der Waals surface area contributed by atoms with Crippen LogP contribution < -0.4 is 0 Å². The molecule has 4 heteroatoms. The first-order valence-electron chi connectivity index (χ1n) is 9.54. The van der Waals surface area contributed by atoms with E-state index in [1.54, 1.807) is 0 Å². The fourth-order valence-corrected chi connectivity index (χ4v) is 4.44. The SMILES string of the molecule is [C-]#[N+]CC12CCC(c3ccc(COC4CCCCO4)cc3)(CC1)OC2. The van der Waals surface area contributed by atoms with Crippen molar-refractivity contribution in [3.8, 4) is 0 Å². The molecule has 1 saturated carbocycles. The molecule has 0 radical (unpaired) electrons. The van der Waals surface area contributed by atoms with E-state index in [1.807, 2.05) is 0 Å². The Labute approximate surface area is 150 Å². The van der Waals surface area contributed by atoms with E-state index in [-0.39, 0.29) is 17.3 Å². The van der Waals surface area contributed by atoms with Gasteiger partial charge in [-0.15, -0.1) is 0 Å². The predicted octanol–water partition coefficient (Wildman–Crippen LogP) is 4.43. The van der Waals surface area contributed by atoms with Gasteiger partial charge in [0.15, 0.2) is 6.29 Å². The molecule has 25 heavy (non-hydrogen) atoms. The Hall–Kier alpha value is -1.41. The van der Waals surface area contributed by atoms with Crippen LogP contribution in [0.3, 0.4) is 0 Å². The Bertz CT molecular complexity index is 603. The third-order valence-electron chi connectivity index (χ3n) is 6.24. The fraction of sp³-hybridized carbons (Fsp3) is 0.667. The molecule has 134 valence electrons. The molecule has 4 aliphatic rings. The van der Waals surface area contributed by atoms with Crippen LogP contribution in [0.1, 0.15) is 56.1 Å². The van der Waals surface area contributed by atoms with Gasteiger partial charge in [-0.05, 0) is 56.1 Å². The van der Waals surface area contributed by atoms with Gasteiger partial charge in [0.2, 0.25) is 6.54 Å². The summed E-state index contributed by atoms with van der Waals surface area (Å²) in [5.74, 6) is 0. The largest absolute Gasteiger partial charge is 0.369 e. The lowest BCUT2D eigenvalue weighted by atomic mass is 9.64. The highest BCUT2D eigenvalue weighted by molar-refractivity contribution is 5.29. The monoisotopic (exact) mass is 341 g/mol. The quantitative estimate of drug-likeness (QED) is 0.742. The van der Waals surface area contributed by atoms with Gasteiger partial charge in [0.25, 0.3) is 0 Å². The van der Waals surface area contributed by atoms with Gasteiger partial charge in [-0.1, -0.05) is 24.3 Å². The molecule has 0 aromatic heterocycles. The molecule has 0 amide bonds. The Balaban J connectivity index is 1.37. The van der Waals surface area contributed by atoms with E-state index in [0.29, 0.717) is 13.2 Å². The molecule has 5 rings (SSSR count). The van der Waals surface area contributed by atoms with Crippen LogP contribution in [-0.4, -0.2) is 26.0 Å². The van der Waals surface area contributed by atoms with Crippen LogP contribution in [0, 0.1) is 12.0 Å². The first-order valence-corrected chi connectivity index (χ1v) is 9.54. The molecule has 1 aromatic carbocycles. The van der Waals surface area contributed by atoms with Gasteiger partial charge in [0, 0.05) is 6.61 Å². The molecule has 1 atom stereocenters. The van der Waals surface area contributed by atoms with Crippen LogP contribution in [0.25, 0.3) is 4.85 Å². The maximum atomic E-state index is 7.18. The summed E-state index contributed by atoms with van der Waals surface area (Å²) in [6.45, 7) is 9.95. The van der Waals surface area contributed by atoms with Crippen molar-refractivity contribution in [1.29, 1.82) is 0 Å². The Morgan fingerprint density at radius 1 is 1.12 bits per heavy atom. The molecule has 1 aliphatic carbocycles. The second kappa shape index (κ2) is 7.07. The highest BCUT2D eigenvalue weighted by atomic mass is 16.7. The van der Waals surface area contributed by atoms with E-state index < -0.39 is 0 Å². The number of nitrogens with zero attached hydrogens (tertiary/aromatic N) is 1. The molecule has 0 spiro atoms. The summed E-state index contributed by atoms with van der Waals surface area (Å²) in [4.78, 5) is 3.64. The number of hydrogen-bond acceptors (Lipinski definition) is 3. The minimum Gasteiger partial charge on any atom is -0.369 e. The Morgan fingerprint density at radius 3 is 2.52 bits per heavy atom. The summed E-state index contributed by atoms with van der Waals surface area (Å²) < 4.78 is 17.8. The Kier molecular flexibility index (Phi) is 4.82. The summed E-state index contributed by atoms with van der Waals surface area (Å²) in [7, 11) is 0. The highest BCUT2D eigenvalue weighted by Gasteiger charge is 2.52. The maximum absolute atomic E-state index is 7.18. The number of fused-ring (bicyclic) bond motifs is 3. The van der Waals surface area contributed by atoms with Gasteiger partial charge in [0.05, 0.1) is 24.2 Å². The normalized spacial score (nSPS) is 34.6. The van der Waals surface area contributed by atoms with Crippen molar-refractivity contribution < 1.29 is 14.2 Å². The van der Waals surface area contributed by atoms with Crippen molar-refractivity contribution in [1.82, 2.24) is 0 Å². The maximum Gasteiger partial charge on any atom is 0.222 e. The highest BCUT2D eigenvalue weighted by Crippen LogP contribution is 2.53. The lowest BCUT2D eigenvalue weighted by Gasteiger charge is -2.51. The van der Waals surface area contributed by atoms with Crippen LogP contribution in [0.2, 0.25) is 0 Å². The van der Waals surface area contributed by atoms with Crippen LogP contribution in [0.4, 0.5) is 0 Å². The smallest absolute Gasteiger partial charge is 0.222 e. The number of hydrogen-bond donors (Lipinski definition) is 0. The zero-order chi connectivity index (χ0) is 17.2. The molecular weight excluding hydrogens is 314 g/mol. The predicted molar refractivity (Wildman–Crippen MR) is 94.8 cm³/mol. The molecule has 1 aromatic rings. The van der Waals surface area contributed by atoms with Crippen LogP contribution >= 0.6 is 0 Å². The topological polar surface area (TPSA) is 32.0 Å². The van der Waals surface area contributed by atoms with E-state index in [2.05, 4.69) is 29.1 Å². The van der Waals surface area contributed by atoms with Crippen molar-refractivity contribution in [2.75, 3.05) is 19.8 Å². The summed E-state index contributed by atoms with van der Waals surface area (Å²) >= 11 is 0. The first kappa shape index (κ1) is 17.0. The summed E-state index contributed by atoms with van der Waals surface area (Å²) in [5.41, 5.74) is 2.46. The fourth-order valence-electron chi connectivity index (χ4n) is 4.44. The standard InChI is InChI=1S/C21H27NO3/c1-22-15-20-9-11-21(12-10-20,25-16-20)18-7-5-17(6-8-18)14-24-19-4-2-3-13-23-19/h5-8,19H,2-4,9-16H2. The summed E-state index contributed by atoms with van der Waals surface area (Å²) in [5, 5.41) is 0. The molecular formula is C21H27NO3. The zero-order valence-electron chi connectivity index (χ0n) is 14.8. The lowest BCUT2D eigenvalue weighted by Crippen LogP contribution is -2.50. The van der Waals surface area contributed by atoms with E-state index >= 15 is 0 Å². The van der Waals surface area contributed by atoms with Gasteiger partial charge in [-0.2, -0.15) is 0 Å². The van der Waals surface area contributed by atoms with E-state index in [1.165, 1.54) is 17.5 Å². The van der Waals surface area contributed by atoms with E-state index in [0.717, 1.165) is 51.7 Å². The van der Waals surface area contributed by atoms with E-state index in [9.17, 15) is 0 Å². The Morgan fingerprint density at radius 2 is 1.92 bits per heavy atom. The van der Waals surface area contributed by atoms with Crippen molar-refractivity contribution in [2.45, 2.75) is 63.4 Å². The third-order valence-corrected chi connectivity index (χ3v) is 6.24. The molecule has 4 nitrogen and oxygen atoms in total. The minimum atomic E-state index is -0.129. The van der Waals surface area contributed by atoms with Crippen LogP contribution in [0.5, 0.6) is 0 Å². The van der Waals surface area contributed by atoms with Gasteiger partial charge in [0.1, 0.15) is 0 Å². The molecule has 3 heterocycles. The van der Waals surface area contributed by atoms with Gasteiger partial charge in [-0.25, -0.2) is 6.57 Å². The average molecular weight is 341 g/mol. The number of benzene rings is 1. The summed E-state index contributed by atoms with van der Waals surface area (Å²) in [6.07, 6.45) is 7.59. The molecule has 4 fully saturated rings. The molecule has 3 aliphatic heterocycles. The van der Waals surface area contributed by atoms with E-state index in [4.69, 9.17) is 20.8 Å². The minimum absolute atomic E-state index is 0.0392. The van der Waals surface area contributed by atoms with Gasteiger partial charge >= 0.3 is 0 Å². The van der Waals surface area contributed by atoms with Crippen molar-refractivity contribution >= 4 is 0 Å². The summed E-state index contributed by atoms with van der Waals surface area (Å²) in [6, 6.07) is 8.72. The van der Waals surface area contributed by atoms with Crippen molar-refractivity contribution in [3.63, 3.8) is 0 Å². The van der Waals surface area contributed by atoms with Crippen molar-refractivity contribution in [3.05, 3.63) is 46.8 Å². The zero-order valence-corrected chi connectivity index (χ0v) is 14.8. The van der Waals surface area contributed by atoms with Crippen molar-refractivity contribution in [2.24, 2.45) is 5.41 Å². The number of ether oxygens (including phenoxy) is 3. The lowest BCUT2D eigenvalue weighted by molar-refractivity contribution is -0.184. The number of rotatable bonds is 5. The molecule has 1 unspecified atom stereocenters. The van der Waals surface area contributed by atoms with Crippen LogP contribution in [-0.2, 0) is 26.4 Å². The third kappa shape index (κ3) is 3.46. The first-order chi connectivity index (χ1) is 12.2. The molecule has 2 bridgehead atoms. The van der Waals surface area contributed by atoms with Crippen LogP contribution in [0.15, 0.2) is 24.3 Å². The second-order valence-corrected chi connectivity index (χ2v) is 7.90. The molecule has 3 saturated heterocycles. The second-order valence-electron chi connectivity index (χ2n) is 7.90. The average Bonchev–Trinajstić information content (AvgIpc) is 2.69. The van der Waals surface area contributed by atoms with Gasteiger partial charge in [-0.3, -0.25) is 0 Å². The molecule has 0 N–H and O–H groups in total.